The van der Waals surface area contributed by atoms with Crippen LogP contribution in [0.15, 0.2) is 12.7 Å². The van der Waals surface area contributed by atoms with Crippen molar-refractivity contribution < 1.29 is 8.42 Å². The maximum absolute atomic E-state index is 10.9. The lowest BCUT2D eigenvalue weighted by Gasteiger charge is -2.17. The van der Waals surface area contributed by atoms with Crippen molar-refractivity contribution in [1.29, 1.82) is 0 Å². The van der Waals surface area contributed by atoms with Crippen molar-refractivity contribution >= 4 is 9.84 Å². The predicted molar refractivity (Wildman–Crippen MR) is 45.6 cm³/mol. The van der Waals surface area contributed by atoms with Gasteiger partial charge in [0.2, 0.25) is 0 Å². The molecule has 5 heteroatoms. The molecule has 4 nitrogen and oxygen atoms in total. The van der Waals surface area contributed by atoms with Crippen molar-refractivity contribution in [3.8, 4) is 0 Å². The topological polar surface area (TPSA) is 72.2 Å². The lowest BCUT2D eigenvalue weighted by Crippen LogP contribution is -2.44. The molecular weight excluding hydrogens is 164 g/mol. The predicted octanol–water partition coefficient (Wildman–Crippen LogP) is -0.563. The Kier molecular flexibility index (Phi) is 3.71. The van der Waals surface area contributed by atoms with Gasteiger partial charge in [-0.15, -0.1) is 6.58 Å². The van der Waals surface area contributed by atoms with Crippen molar-refractivity contribution in [3.05, 3.63) is 12.7 Å². The van der Waals surface area contributed by atoms with Crippen molar-refractivity contribution in [1.82, 2.24) is 5.43 Å². The number of hydrogen-bond donors (Lipinski definition) is 2. The first-order chi connectivity index (χ1) is 4.93. The average Bonchev–Trinajstić information content (AvgIpc) is 1.88. The van der Waals surface area contributed by atoms with Crippen LogP contribution in [0.25, 0.3) is 0 Å². The number of nitrogens with one attached hydrogen (secondary N) is 1. The van der Waals surface area contributed by atoms with E-state index in [0.717, 1.165) is 0 Å². The third kappa shape index (κ3) is 3.00. The number of hydrogen-bond acceptors (Lipinski definition) is 4. The molecule has 11 heavy (non-hydrogen) atoms. The van der Waals surface area contributed by atoms with E-state index in [9.17, 15) is 8.42 Å². The second kappa shape index (κ2) is 3.85. The molecule has 0 aromatic carbocycles. The normalized spacial score (nSPS) is 17.4. The average molecular weight is 178 g/mol. The highest BCUT2D eigenvalue weighted by Crippen LogP contribution is 2.03. The highest BCUT2D eigenvalue weighted by Gasteiger charge is 2.21. The molecule has 0 fully saturated rings. The Hall–Kier alpha value is -0.390. The summed E-state index contributed by atoms with van der Waals surface area (Å²) in [7, 11) is -3.04. The Morgan fingerprint density at radius 3 is 2.18 bits per heavy atom. The second-order valence-corrected chi connectivity index (χ2v) is 4.87. The van der Waals surface area contributed by atoms with Gasteiger partial charge in [0.15, 0.2) is 9.84 Å². The number of sulfone groups is 1. The van der Waals surface area contributed by atoms with Gasteiger partial charge in [-0.3, -0.25) is 11.3 Å². The Morgan fingerprint density at radius 1 is 1.64 bits per heavy atom. The van der Waals surface area contributed by atoms with Gasteiger partial charge in [0.25, 0.3) is 0 Å². The van der Waals surface area contributed by atoms with Crippen LogP contribution in [0.4, 0.5) is 0 Å². The lowest BCUT2D eigenvalue weighted by molar-refractivity contribution is 0.551. The molecule has 0 aliphatic heterocycles. The highest BCUT2D eigenvalue weighted by molar-refractivity contribution is 7.91. The fraction of sp³-hybridized carbons (Fsp3) is 0.667. The zero-order valence-corrected chi connectivity index (χ0v) is 7.56. The molecule has 0 saturated heterocycles. The van der Waals surface area contributed by atoms with Crippen LogP contribution >= 0.6 is 0 Å². The zero-order chi connectivity index (χ0) is 9.07. The van der Waals surface area contributed by atoms with E-state index in [1.165, 1.54) is 12.3 Å². The van der Waals surface area contributed by atoms with Crippen molar-refractivity contribution in [2.45, 2.75) is 18.2 Å². The Labute approximate surface area is 67.4 Å². The molecule has 0 aromatic heterocycles. The summed E-state index contributed by atoms with van der Waals surface area (Å²) in [6.45, 7) is 5.04. The number of rotatable bonds is 4. The minimum atomic E-state index is -3.04. The van der Waals surface area contributed by atoms with Gasteiger partial charge >= 0.3 is 0 Å². The summed E-state index contributed by atoms with van der Waals surface area (Å²) in [5, 5.41) is -0.537. The van der Waals surface area contributed by atoms with Gasteiger partial charge in [-0.2, -0.15) is 0 Å². The minimum absolute atomic E-state index is 0.384. The van der Waals surface area contributed by atoms with Gasteiger partial charge in [-0.05, 0) is 6.92 Å². The van der Waals surface area contributed by atoms with E-state index in [1.54, 1.807) is 6.92 Å². The Balaban J connectivity index is 4.46. The van der Waals surface area contributed by atoms with Crippen LogP contribution in [0.3, 0.4) is 0 Å². The van der Waals surface area contributed by atoms with E-state index < -0.39 is 15.1 Å². The van der Waals surface area contributed by atoms with Gasteiger partial charge in [0.05, 0.1) is 11.3 Å². The molecule has 0 aliphatic rings. The SMILES string of the molecule is C=CC(NN)C(C)S(C)(=O)=O. The van der Waals surface area contributed by atoms with E-state index in [-0.39, 0.29) is 6.04 Å². The summed E-state index contributed by atoms with van der Waals surface area (Å²) in [6.07, 6.45) is 2.65. The fourth-order valence-corrected chi connectivity index (χ4v) is 1.38. The molecular formula is C6H14N2O2S. The van der Waals surface area contributed by atoms with Crippen molar-refractivity contribution in [2.24, 2.45) is 5.84 Å². The summed E-state index contributed by atoms with van der Waals surface area (Å²) >= 11 is 0. The smallest absolute Gasteiger partial charge is 0.151 e. The van der Waals surface area contributed by atoms with E-state index >= 15 is 0 Å². The zero-order valence-electron chi connectivity index (χ0n) is 6.74. The molecule has 0 amide bonds. The number of hydrazine groups is 1. The monoisotopic (exact) mass is 178 g/mol. The van der Waals surface area contributed by atoms with Gasteiger partial charge in [0, 0.05) is 6.26 Å². The van der Waals surface area contributed by atoms with Crippen molar-refractivity contribution in [2.75, 3.05) is 6.26 Å². The highest BCUT2D eigenvalue weighted by atomic mass is 32.2. The first-order valence-electron chi connectivity index (χ1n) is 3.21. The van der Waals surface area contributed by atoms with Crippen LogP contribution in [0.2, 0.25) is 0 Å². The van der Waals surface area contributed by atoms with Gasteiger partial charge in [-0.25, -0.2) is 8.42 Å². The third-order valence-corrected chi connectivity index (χ3v) is 3.27. The van der Waals surface area contributed by atoms with Crippen LogP contribution < -0.4 is 11.3 Å². The van der Waals surface area contributed by atoms with E-state index in [2.05, 4.69) is 12.0 Å². The maximum Gasteiger partial charge on any atom is 0.151 e. The van der Waals surface area contributed by atoms with Crippen LogP contribution in [-0.4, -0.2) is 26.0 Å². The molecule has 2 atom stereocenters. The molecule has 0 aliphatic carbocycles. The van der Waals surface area contributed by atoms with Crippen LogP contribution in [-0.2, 0) is 9.84 Å². The molecule has 0 heterocycles. The summed E-state index contributed by atoms with van der Waals surface area (Å²) in [6, 6.07) is -0.384. The Bertz CT molecular complexity index is 223. The van der Waals surface area contributed by atoms with Gasteiger partial charge in [-0.1, -0.05) is 6.08 Å². The third-order valence-electron chi connectivity index (χ3n) is 1.63. The molecule has 0 saturated carbocycles. The van der Waals surface area contributed by atoms with Crippen molar-refractivity contribution in [3.63, 3.8) is 0 Å². The van der Waals surface area contributed by atoms with Crippen LogP contribution in [0, 0.1) is 0 Å². The van der Waals surface area contributed by atoms with Crippen LogP contribution in [0.5, 0.6) is 0 Å². The summed E-state index contributed by atoms with van der Waals surface area (Å²) in [5.41, 5.74) is 2.36. The fourth-order valence-electron chi connectivity index (χ4n) is 0.662. The maximum atomic E-state index is 10.9. The molecule has 0 bridgehead atoms. The van der Waals surface area contributed by atoms with E-state index in [4.69, 9.17) is 5.84 Å². The molecule has 0 aromatic rings. The van der Waals surface area contributed by atoms with Gasteiger partial charge < -0.3 is 0 Å². The first kappa shape index (κ1) is 10.6. The molecule has 66 valence electrons. The molecule has 0 spiro atoms. The van der Waals surface area contributed by atoms with E-state index in [0.29, 0.717) is 0 Å². The lowest BCUT2D eigenvalue weighted by atomic mass is 10.2. The first-order valence-corrected chi connectivity index (χ1v) is 5.16. The van der Waals surface area contributed by atoms with Crippen LogP contribution in [0.1, 0.15) is 6.92 Å². The standard InChI is InChI=1S/C6H14N2O2S/c1-4-6(8-7)5(2)11(3,9)10/h4-6,8H,1,7H2,2-3H3. The molecule has 0 rings (SSSR count). The number of nitrogens with two attached hydrogens (primary N) is 1. The largest absolute Gasteiger partial charge is 0.271 e. The molecule has 3 N–H and O–H groups in total. The Morgan fingerprint density at radius 2 is 2.09 bits per heavy atom. The molecule has 2 unspecified atom stereocenters. The van der Waals surface area contributed by atoms with Gasteiger partial charge in [0.1, 0.15) is 0 Å². The summed E-state index contributed by atoms with van der Waals surface area (Å²) in [4.78, 5) is 0. The summed E-state index contributed by atoms with van der Waals surface area (Å²) < 4.78 is 21.9. The molecule has 0 radical (unpaired) electrons. The quantitative estimate of drug-likeness (QED) is 0.344. The van der Waals surface area contributed by atoms with E-state index in [1.807, 2.05) is 0 Å². The summed E-state index contributed by atoms with van der Waals surface area (Å²) in [5.74, 6) is 5.10. The second-order valence-electron chi connectivity index (χ2n) is 2.46. The minimum Gasteiger partial charge on any atom is -0.271 e.